The highest BCUT2D eigenvalue weighted by molar-refractivity contribution is 6.04. The number of piperidine rings is 2. The van der Waals surface area contributed by atoms with Gasteiger partial charge < -0.3 is 20.1 Å². The lowest BCUT2D eigenvalue weighted by Crippen LogP contribution is -2.44. The predicted molar refractivity (Wildman–Crippen MR) is 152 cm³/mol. The Morgan fingerprint density at radius 3 is 2.36 bits per heavy atom. The van der Waals surface area contributed by atoms with E-state index >= 15 is 0 Å². The second-order valence-electron chi connectivity index (χ2n) is 11.9. The van der Waals surface area contributed by atoms with E-state index in [1.165, 1.54) is 4.90 Å². The van der Waals surface area contributed by atoms with Crippen LogP contribution < -0.4 is 5.32 Å². The lowest BCUT2D eigenvalue weighted by Gasteiger charge is -2.37. The Balaban J connectivity index is 1.06. The monoisotopic (exact) mass is 587 g/mol. The number of halogens is 4. The van der Waals surface area contributed by atoms with Gasteiger partial charge in [-0.1, -0.05) is 19.9 Å². The van der Waals surface area contributed by atoms with E-state index in [1.807, 2.05) is 12.1 Å². The van der Waals surface area contributed by atoms with E-state index in [0.717, 1.165) is 56.7 Å². The average molecular weight is 588 g/mol. The van der Waals surface area contributed by atoms with E-state index in [2.05, 4.69) is 34.0 Å². The van der Waals surface area contributed by atoms with Crippen molar-refractivity contribution in [3.05, 3.63) is 64.7 Å². The molecule has 0 bridgehead atoms. The third kappa shape index (κ3) is 6.77. The number of hydrogen-bond donors (Lipinski definition) is 2. The predicted octanol–water partition coefficient (Wildman–Crippen LogP) is 5.84. The summed E-state index contributed by atoms with van der Waals surface area (Å²) >= 11 is 0. The van der Waals surface area contributed by atoms with Crippen LogP contribution in [0.15, 0.2) is 36.4 Å². The standard InChI is InChI=1S/C31H37F4N5O2/c1-19(2)28-37-26-5-3-4-23(27(26)38-28)29(41)36-17-20-8-12-39(13-9-20)18-21-10-14-40(15-11-21)30(42)24-16-22(31(33,34)35)6-7-25(24)32/h3-7,16,19-21H,8-15,17-18H2,1-2H3,(H,36,41)(H,37,38). The Labute approximate surface area is 242 Å². The first kappa shape index (κ1) is 30.0. The van der Waals surface area contributed by atoms with Gasteiger partial charge in [0.25, 0.3) is 11.8 Å². The van der Waals surface area contributed by atoms with Crippen LogP contribution in [-0.4, -0.2) is 70.9 Å². The maximum absolute atomic E-state index is 14.2. The summed E-state index contributed by atoms with van der Waals surface area (Å²) in [5, 5.41) is 3.10. The third-order valence-corrected chi connectivity index (χ3v) is 8.52. The van der Waals surface area contributed by atoms with Gasteiger partial charge in [-0.15, -0.1) is 0 Å². The number of aromatic nitrogens is 2. The third-order valence-electron chi connectivity index (χ3n) is 8.52. The molecule has 0 atom stereocenters. The van der Waals surface area contributed by atoms with Crippen molar-refractivity contribution in [3.63, 3.8) is 0 Å². The molecule has 0 unspecified atom stereocenters. The van der Waals surface area contributed by atoms with Gasteiger partial charge in [-0.25, -0.2) is 9.37 Å². The van der Waals surface area contributed by atoms with Crippen LogP contribution in [-0.2, 0) is 6.18 Å². The number of hydrogen-bond acceptors (Lipinski definition) is 4. The summed E-state index contributed by atoms with van der Waals surface area (Å²) in [5.41, 5.74) is 0.576. The molecule has 2 N–H and O–H groups in total. The second kappa shape index (κ2) is 12.4. The molecule has 2 aliphatic heterocycles. The van der Waals surface area contributed by atoms with Crippen molar-refractivity contribution in [2.24, 2.45) is 11.8 Å². The molecule has 2 aromatic carbocycles. The Kier molecular flexibility index (Phi) is 8.86. The number of rotatable bonds is 7. The highest BCUT2D eigenvalue weighted by Gasteiger charge is 2.33. The minimum atomic E-state index is -4.64. The Morgan fingerprint density at radius 2 is 1.69 bits per heavy atom. The first-order valence-corrected chi connectivity index (χ1v) is 14.6. The van der Waals surface area contributed by atoms with Gasteiger partial charge in [-0.3, -0.25) is 9.59 Å². The van der Waals surface area contributed by atoms with Crippen LogP contribution >= 0.6 is 0 Å². The van der Waals surface area contributed by atoms with Crippen LogP contribution in [0.2, 0.25) is 0 Å². The molecule has 0 spiro atoms. The van der Waals surface area contributed by atoms with Gasteiger partial charge in [0.05, 0.1) is 22.2 Å². The van der Waals surface area contributed by atoms with Crippen molar-refractivity contribution >= 4 is 22.8 Å². The zero-order valence-corrected chi connectivity index (χ0v) is 23.9. The molecule has 1 aromatic heterocycles. The van der Waals surface area contributed by atoms with E-state index in [4.69, 9.17) is 0 Å². The maximum Gasteiger partial charge on any atom is 0.416 e. The summed E-state index contributed by atoms with van der Waals surface area (Å²) in [6.07, 6.45) is -1.26. The highest BCUT2D eigenvalue weighted by Crippen LogP contribution is 2.31. The topological polar surface area (TPSA) is 81.3 Å². The van der Waals surface area contributed by atoms with Gasteiger partial charge in [-0.05, 0) is 80.9 Å². The maximum atomic E-state index is 14.2. The molecule has 3 aromatic rings. The van der Waals surface area contributed by atoms with Crippen molar-refractivity contribution in [1.29, 1.82) is 0 Å². The van der Waals surface area contributed by atoms with E-state index in [-0.39, 0.29) is 11.8 Å². The molecule has 5 rings (SSSR count). The summed E-state index contributed by atoms with van der Waals surface area (Å²) in [4.78, 5) is 37.6. The smallest absolute Gasteiger partial charge is 0.352 e. The Bertz CT molecular complexity index is 1420. The molecule has 0 aliphatic carbocycles. The molecular formula is C31H37F4N5O2. The van der Waals surface area contributed by atoms with Gasteiger partial charge in [0.15, 0.2) is 0 Å². The Hall–Kier alpha value is -3.47. The summed E-state index contributed by atoms with van der Waals surface area (Å²) < 4.78 is 53.4. The number of fused-ring (bicyclic) bond motifs is 1. The number of aromatic amines is 1. The molecule has 2 aliphatic rings. The first-order valence-electron chi connectivity index (χ1n) is 14.6. The van der Waals surface area contributed by atoms with Crippen LogP contribution in [0.3, 0.4) is 0 Å². The van der Waals surface area contributed by atoms with Gasteiger partial charge in [0, 0.05) is 32.1 Å². The first-order chi connectivity index (χ1) is 20.0. The number of carbonyl (C=O) groups is 2. The number of amides is 2. The molecule has 0 radical (unpaired) electrons. The van der Waals surface area contributed by atoms with E-state index in [0.29, 0.717) is 60.7 Å². The lowest BCUT2D eigenvalue weighted by atomic mass is 9.92. The number of alkyl halides is 3. The molecule has 11 heteroatoms. The highest BCUT2D eigenvalue weighted by atomic mass is 19.4. The molecule has 2 fully saturated rings. The molecule has 226 valence electrons. The summed E-state index contributed by atoms with van der Waals surface area (Å²) in [6.45, 7) is 8.23. The largest absolute Gasteiger partial charge is 0.416 e. The fourth-order valence-corrected chi connectivity index (χ4v) is 5.93. The quantitative estimate of drug-likeness (QED) is 0.341. The zero-order chi connectivity index (χ0) is 30.0. The van der Waals surface area contributed by atoms with Gasteiger partial charge in [0.1, 0.15) is 17.2 Å². The molecule has 42 heavy (non-hydrogen) atoms. The van der Waals surface area contributed by atoms with Crippen LogP contribution in [0.25, 0.3) is 11.0 Å². The fourth-order valence-electron chi connectivity index (χ4n) is 5.93. The van der Waals surface area contributed by atoms with Crippen LogP contribution in [0.4, 0.5) is 17.6 Å². The van der Waals surface area contributed by atoms with Crippen molar-refractivity contribution in [2.45, 2.75) is 51.6 Å². The summed E-state index contributed by atoms with van der Waals surface area (Å²) in [5.74, 6) is 0.105. The summed E-state index contributed by atoms with van der Waals surface area (Å²) in [6, 6.07) is 7.57. The summed E-state index contributed by atoms with van der Waals surface area (Å²) in [7, 11) is 0. The van der Waals surface area contributed by atoms with Crippen molar-refractivity contribution < 1.29 is 27.2 Å². The Morgan fingerprint density at radius 1 is 1.00 bits per heavy atom. The fraction of sp³-hybridized carbons (Fsp3) is 0.516. The number of nitrogens with one attached hydrogen (secondary N) is 2. The number of para-hydroxylation sites is 1. The average Bonchev–Trinajstić information content (AvgIpc) is 3.42. The van der Waals surface area contributed by atoms with E-state index in [1.54, 1.807) is 6.07 Å². The van der Waals surface area contributed by atoms with Crippen LogP contribution in [0.5, 0.6) is 0 Å². The van der Waals surface area contributed by atoms with Gasteiger partial charge in [0.2, 0.25) is 0 Å². The number of H-pyrrole nitrogens is 1. The number of nitrogens with zero attached hydrogens (tertiary/aromatic N) is 3. The van der Waals surface area contributed by atoms with Crippen LogP contribution in [0.1, 0.15) is 77.6 Å². The van der Waals surface area contributed by atoms with Crippen molar-refractivity contribution in [3.8, 4) is 0 Å². The molecular weight excluding hydrogens is 550 g/mol. The number of imidazole rings is 1. The molecule has 2 saturated heterocycles. The molecule has 2 amide bonds. The second-order valence-corrected chi connectivity index (χ2v) is 11.9. The number of likely N-dealkylation sites (tertiary alicyclic amines) is 2. The number of carbonyl (C=O) groups excluding carboxylic acids is 2. The van der Waals surface area contributed by atoms with E-state index in [9.17, 15) is 27.2 Å². The minimum absolute atomic E-state index is 0.115. The van der Waals surface area contributed by atoms with E-state index < -0.39 is 29.0 Å². The molecule has 0 saturated carbocycles. The molecule has 3 heterocycles. The van der Waals surface area contributed by atoms with Crippen LogP contribution in [0, 0.1) is 17.7 Å². The van der Waals surface area contributed by atoms with Gasteiger partial charge in [-0.2, -0.15) is 13.2 Å². The zero-order valence-electron chi connectivity index (χ0n) is 23.9. The van der Waals surface area contributed by atoms with Crippen molar-refractivity contribution in [2.75, 3.05) is 39.3 Å². The minimum Gasteiger partial charge on any atom is -0.352 e. The van der Waals surface area contributed by atoms with Gasteiger partial charge >= 0.3 is 6.18 Å². The van der Waals surface area contributed by atoms with Crippen molar-refractivity contribution in [1.82, 2.24) is 25.1 Å². The number of benzene rings is 2. The lowest BCUT2D eigenvalue weighted by molar-refractivity contribution is -0.137. The SMILES string of the molecule is CC(C)c1nc2c(C(=O)NCC3CCN(CC4CCN(C(=O)c5cc(C(F)(F)F)ccc5F)CC4)CC3)cccc2[nH]1. The normalized spacial score (nSPS) is 17.7. The molecule has 7 nitrogen and oxygen atoms in total.